The zero-order valence-corrected chi connectivity index (χ0v) is 11.9. The molecule has 0 aromatic heterocycles. The molecule has 2 heteroatoms. The summed E-state index contributed by atoms with van der Waals surface area (Å²) in [5.74, 6) is 0. The number of nitrogens with zero attached hydrogens (tertiary/aromatic N) is 1. The summed E-state index contributed by atoms with van der Waals surface area (Å²) in [7, 11) is 0. The van der Waals surface area contributed by atoms with Gasteiger partial charge in [0.05, 0.1) is 0 Å². The fraction of sp³-hybridized carbons (Fsp3) is 0.625. The minimum Gasteiger partial charge on any atom is -0.371 e. The summed E-state index contributed by atoms with van der Waals surface area (Å²) in [4.78, 5) is 2.54. The van der Waals surface area contributed by atoms with Crippen molar-refractivity contribution in [3.8, 4) is 0 Å². The molecule has 1 aromatic rings. The molecule has 0 saturated carbocycles. The first-order chi connectivity index (χ1) is 8.69. The van der Waals surface area contributed by atoms with Crippen LogP contribution in [0.2, 0.25) is 0 Å². The Bertz CT molecular complexity index is 346. The topological polar surface area (TPSA) is 15.3 Å². The predicted octanol–water partition coefficient (Wildman–Crippen LogP) is 3.22. The van der Waals surface area contributed by atoms with Crippen molar-refractivity contribution in [3.63, 3.8) is 0 Å². The zero-order chi connectivity index (χ0) is 13.0. The Morgan fingerprint density at radius 1 is 1.06 bits per heavy atom. The van der Waals surface area contributed by atoms with E-state index in [-0.39, 0.29) is 0 Å². The lowest BCUT2D eigenvalue weighted by atomic mass is 10.1. The van der Waals surface area contributed by atoms with Gasteiger partial charge in [0.1, 0.15) is 0 Å². The fourth-order valence-corrected chi connectivity index (χ4v) is 2.66. The average Bonchev–Trinajstić information content (AvgIpc) is 2.37. The van der Waals surface area contributed by atoms with Gasteiger partial charge in [-0.1, -0.05) is 19.1 Å². The van der Waals surface area contributed by atoms with Crippen LogP contribution in [0, 0.1) is 0 Å². The fourth-order valence-electron chi connectivity index (χ4n) is 2.66. The number of anilines is 1. The van der Waals surface area contributed by atoms with Crippen LogP contribution in [0.1, 0.15) is 39.2 Å². The Hall–Kier alpha value is -1.02. The van der Waals surface area contributed by atoms with Crippen LogP contribution < -0.4 is 10.2 Å². The third kappa shape index (κ3) is 3.49. The number of hydrogen-bond donors (Lipinski definition) is 1. The monoisotopic (exact) mass is 246 g/mol. The number of nitrogens with one attached hydrogen (secondary N) is 1. The van der Waals surface area contributed by atoms with Gasteiger partial charge in [-0.05, 0) is 50.8 Å². The summed E-state index contributed by atoms with van der Waals surface area (Å²) >= 11 is 0. The minimum absolute atomic E-state index is 0.623. The van der Waals surface area contributed by atoms with Crippen LogP contribution in [0.5, 0.6) is 0 Å². The van der Waals surface area contributed by atoms with Crippen LogP contribution in [0.4, 0.5) is 5.69 Å². The summed E-state index contributed by atoms with van der Waals surface area (Å²) in [5.41, 5.74) is 2.81. The van der Waals surface area contributed by atoms with Crippen molar-refractivity contribution in [2.24, 2.45) is 0 Å². The van der Waals surface area contributed by atoms with E-state index in [4.69, 9.17) is 0 Å². The lowest BCUT2D eigenvalue weighted by molar-refractivity contribution is 0.404. The van der Waals surface area contributed by atoms with Crippen molar-refractivity contribution in [1.82, 2.24) is 5.32 Å². The van der Waals surface area contributed by atoms with Crippen LogP contribution in [0.3, 0.4) is 0 Å². The molecule has 100 valence electrons. The highest BCUT2D eigenvalue weighted by atomic mass is 15.1. The Morgan fingerprint density at radius 2 is 1.61 bits per heavy atom. The molecule has 1 N–H and O–H groups in total. The Morgan fingerprint density at radius 3 is 2.11 bits per heavy atom. The third-order valence-corrected chi connectivity index (χ3v) is 3.94. The van der Waals surface area contributed by atoms with Crippen molar-refractivity contribution < 1.29 is 0 Å². The van der Waals surface area contributed by atoms with E-state index < -0.39 is 0 Å². The molecule has 2 atom stereocenters. The van der Waals surface area contributed by atoms with Crippen LogP contribution in [0.25, 0.3) is 0 Å². The molecule has 0 radical (unpaired) electrons. The van der Waals surface area contributed by atoms with Crippen LogP contribution in [0.15, 0.2) is 24.3 Å². The molecule has 1 aliphatic rings. The summed E-state index contributed by atoms with van der Waals surface area (Å²) in [6.45, 7) is 9.11. The van der Waals surface area contributed by atoms with Gasteiger partial charge in [0.15, 0.2) is 0 Å². The van der Waals surface area contributed by atoms with E-state index in [1.807, 2.05) is 0 Å². The van der Waals surface area contributed by atoms with E-state index in [9.17, 15) is 0 Å². The maximum absolute atomic E-state index is 3.65. The molecule has 0 bridgehead atoms. The molecule has 18 heavy (non-hydrogen) atoms. The second-order valence-corrected chi connectivity index (χ2v) is 5.55. The maximum atomic E-state index is 3.65. The van der Waals surface area contributed by atoms with Gasteiger partial charge >= 0.3 is 0 Å². The summed E-state index contributed by atoms with van der Waals surface area (Å²) in [6, 6.07) is 10.3. The van der Waals surface area contributed by atoms with Gasteiger partial charge in [0.2, 0.25) is 0 Å². The number of benzene rings is 1. The molecular weight excluding hydrogens is 220 g/mol. The molecule has 1 fully saturated rings. The lowest BCUT2D eigenvalue weighted by Crippen LogP contribution is -2.43. The molecule has 2 nitrogen and oxygen atoms in total. The van der Waals surface area contributed by atoms with E-state index in [0.717, 1.165) is 19.5 Å². The summed E-state index contributed by atoms with van der Waals surface area (Å²) < 4.78 is 0. The number of rotatable bonds is 2. The molecule has 2 unspecified atom stereocenters. The van der Waals surface area contributed by atoms with Gasteiger partial charge in [0.25, 0.3) is 0 Å². The summed E-state index contributed by atoms with van der Waals surface area (Å²) in [5, 5.41) is 3.65. The van der Waals surface area contributed by atoms with Crippen LogP contribution in [-0.2, 0) is 6.42 Å². The van der Waals surface area contributed by atoms with Crippen molar-refractivity contribution in [1.29, 1.82) is 0 Å². The molecule has 1 heterocycles. The quantitative estimate of drug-likeness (QED) is 0.862. The third-order valence-electron chi connectivity index (χ3n) is 3.94. The normalized spacial score (nSPS) is 25.6. The maximum Gasteiger partial charge on any atom is 0.0366 e. The van der Waals surface area contributed by atoms with Gasteiger partial charge in [-0.15, -0.1) is 0 Å². The number of aryl methyl sites for hydroxylation is 1. The average molecular weight is 246 g/mol. The SMILES string of the molecule is CCc1ccc(N2CCC(C)NC(C)CC2)cc1. The second-order valence-electron chi connectivity index (χ2n) is 5.55. The van der Waals surface area contributed by atoms with Crippen LogP contribution >= 0.6 is 0 Å². The zero-order valence-electron chi connectivity index (χ0n) is 11.9. The lowest BCUT2D eigenvalue weighted by Gasteiger charge is -2.32. The highest BCUT2D eigenvalue weighted by Gasteiger charge is 2.15. The van der Waals surface area contributed by atoms with Gasteiger partial charge in [-0.2, -0.15) is 0 Å². The molecule has 2 rings (SSSR count). The molecule has 0 amide bonds. The first kappa shape index (κ1) is 13.4. The van der Waals surface area contributed by atoms with E-state index in [0.29, 0.717) is 12.1 Å². The molecule has 1 saturated heterocycles. The second kappa shape index (κ2) is 6.24. The van der Waals surface area contributed by atoms with E-state index >= 15 is 0 Å². The van der Waals surface area contributed by atoms with Gasteiger partial charge in [0, 0.05) is 30.9 Å². The minimum atomic E-state index is 0.623. The Kier molecular flexibility index (Phi) is 4.65. The molecule has 1 aromatic carbocycles. The van der Waals surface area contributed by atoms with Crippen LogP contribution in [-0.4, -0.2) is 25.2 Å². The van der Waals surface area contributed by atoms with E-state index in [1.165, 1.54) is 24.1 Å². The van der Waals surface area contributed by atoms with Crippen molar-refractivity contribution in [2.45, 2.75) is 52.1 Å². The van der Waals surface area contributed by atoms with Crippen molar-refractivity contribution in [3.05, 3.63) is 29.8 Å². The summed E-state index contributed by atoms with van der Waals surface area (Å²) in [6.07, 6.45) is 3.57. The predicted molar refractivity (Wildman–Crippen MR) is 79.3 cm³/mol. The molecular formula is C16H26N2. The first-order valence-electron chi connectivity index (χ1n) is 7.29. The van der Waals surface area contributed by atoms with Crippen molar-refractivity contribution >= 4 is 5.69 Å². The highest BCUT2D eigenvalue weighted by molar-refractivity contribution is 5.47. The molecule has 0 aliphatic carbocycles. The van der Waals surface area contributed by atoms with Gasteiger partial charge < -0.3 is 10.2 Å². The largest absolute Gasteiger partial charge is 0.371 e. The first-order valence-corrected chi connectivity index (χ1v) is 7.29. The number of hydrogen-bond acceptors (Lipinski definition) is 2. The van der Waals surface area contributed by atoms with Gasteiger partial charge in [-0.25, -0.2) is 0 Å². The Labute approximate surface area is 111 Å². The van der Waals surface area contributed by atoms with Crippen molar-refractivity contribution in [2.75, 3.05) is 18.0 Å². The Balaban J connectivity index is 2.05. The molecule has 1 aliphatic heterocycles. The highest BCUT2D eigenvalue weighted by Crippen LogP contribution is 2.18. The standard InChI is InChI=1S/C16H26N2/c1-4-15-5-7-16(8-6-15)18-11-9-13(2)17-14(3)10-12-18/h5-8,13-14,17H,4,9-12H2,1-3H3. The van der Waals surface area contributed by atoms with Gasteiger partial charge in [-0.3, -0.25) is 0 Å². The van der Waals surface area contributed by atoms with E-state index in [2.05, 4.69) is 55.3 Å². The van der Waals surface area contributed by atoms with E-state index in [1.54, 1.807) is 0 Å². The smallest absolute Gasteiger partial charge is 0.0366 e. The molecule has 0 spiro atoms.